The van der Waals surface area contributed by atoms with Crippen LogP contribution in [0, 0.1) is 0 Å². The highest BCUT2D eigenvalue weighted by Gasteiger charge is 2.49. The van der Waals surface area contributed by atoms with Crippen LogP contribution in [0.2, 0.25) is 0 Å². The first-order valence-corrected chi connectivity index (χ1v) is 7.69. The van der Waals surface area contributed by atoms with E-state index in [0.717, 1.165) is 0 Å². The first-order chi connectivity index (χ1) is 8.89. The van der Waals surface area contributed by atoms with Gasteiger partial charge in [-0.15, -0.1) is 0 Å². The first-order valence-electron chi connectivity index (χ1n) is 6.15. The van der Waals surface area contributed by atoms with Crippen molar-refractivity contribution >= 4 is 20.0 Å². The Labute approximate surface area is 113 Å². The Balaban J connectivity index is 5.25. The van der Waals surface area contributed by atoms with Gasteiger partial charge in [0, 0.05) is 0 Å². The van der Waals surface area contributed by atoms with E-state index in [1.165, 1.54) is 6.92 Å². The number of hydrogen-bond donors (Lipinski definition) is 1. The van der Waals surface area contributed by atoms with Gasteiger partial charge < -0.3 is 19.1 Å². The standard InChI is InChI=1S/C11H22NO6P/c1-5-16-10(14)8-11(4,12-9-13)19(15,17-6-2)18-7-3/h9H,5-8H2,1-4H3,(H,12,13)/t11-/m1/s1. The van der Waals surface area contributed by atoms with E-state index in [9.17, 15) is 14.2 Å². The molecule has 19 heavy (non-hydrogen) atoms. The summed E-state index contributed by atoms with van der Waals surface area (Å²) in [4.78, 5) is 22.3. The molecule has 0 aromatic rings. The predicted octanol–water partition coefficient (Wildman–Crippen LogP) is 1.67. The van der Waals surface area contributed by atoms with Gasteiger partial charge in [0.15, 0.2) is 0 Å². The van der Waals surface area contributed by atoms with Crippen LogP contribution in [0.15, 0.2) is 0 Å². The Bertz CT molecular complexity index is 338. The molecule has 0 fully saturated rings. The molecular formula is C11H22NO6P. The van der Waals surface area contributed by atoms with E-state index < -0.39 is 18.8 Å². The van der Waals surface area contributed by atoms with Crippen molar-refractivity contribution in [2.75, 3.05) is 19.8 Å². The summed E-state index contributed by atoms with van der Waals surface area (Å²) in [5.41, 5.74) is 0. The highest BCUT2D eigenvalue weighted by molar-refractivity contribution is 7.55. The van der Waals surface area contributed by atoms with Crippen LogP contribution in [0.5, 0.6) is 0 Å². The summed E-state index contributed by atoms with van der Waals surface area (Å²) in [5, 5.41) is 0.913. The van der Waals surface area contributed by atoms with Crippen molar-refractivity contribution in [3.63, 3.8) is 0 Å². The lowest BCUT2D eigenvalue weighted by atomic mass is 10.2. The van der Waals surface area contributed by atoms with Gasteiger partial charge in [0.1, 0.15) is 5.28 Å². The maximum absolute atomic E-state index is 12.7. The van der Waals surface area contributed by atoms with Gasteiger partial charge in [0.2, 0.25) is 6.41 Å². The molecule has 0 saturated carbocycles. The number of nitrogens with one attached hydrogen (secondary N) is 1. The van der Waals surface area contributed by atoms with Crippen molar-refractivity contribution in [3.8, 4) is 0 Å². The molecule has 7 nitrogen and oxygen atoms in total. The highest BCUT2D eigenvalue weighted by atomic mass is 31.2. The van der Waals surface area contributed by atoms with Crippen LogP contribution in [-0.4, -0.2) is 37.5 Å². The summed E-state index contributed by atoms with van der Waals surface area (Å²) >= 11 is 0. The Kier molecular flexibility index (Phi) is 7.90. The van der Waals surface area contributed by atoms with Gasteiger partial charge in [-0.05, 0) is 27.7 Å². The van der Waals surface area contributed by atoms with Crippen LogP contribution < -0.4 is 5.32 Å². The number of hydrogen-bond acceptors (Lipinski definition) is 6. The number of ether oxygens (including phenoxy) is 1. The van der Waals surface area contributed by atoms with Crippen molar-refractivity contribution in [2.45, 2.75) is 39.4 Å². The first kappa shape index (κ1) is 18.1. The Morgan fingerprint density at radius 2 is 1.74 bits per heavy atom. The lowest BCUT2D eigenvalue weighted by Crippen LogP contribution is -2.44. The maximum atomic E-state index is 12.7. The number of amides is 1. The smallest absolute Gasteiger partial charge is 0.356 e. The summed E-state index contributed by atoms with van der Waals surface area (Å²) in [6.45, 7) is 6.86. The van der Waals surface area contributed by atoms with Crippen LogP contribution in [0.4, 0.5) is 0 Å². The molecule has 0 saturated heterocycles. The molecule has 0 aliphatic carbocycles. The molecule has 0 radical (unpaired) electrons. The zero-order valence-electron chi connectivity index (χ0n) is 11.8. The quantitative estimate of drug-likeness (QED) is 0.374. The Morgan fingerprint density at radius 1 is 1.21 bits per heavy atom. The molecule has 0 bridgehead atoms. The van der Waals surface area contributed by atoms with Crippen molar-refractivity contribution in [1.82, 2.24) is 5.32 Å². The maximum Gasteiger partial charge on any atom is 0.356 e. The summed E-state index contributed by atoms with van der Waals surface area (Å²) in [6.07, 6.45) is 0.0702. The van der Waals surface area contributed by atoms with E-state index in [2.05, 4.69) is 5.32 Å². The van der Waals surface area contributed by atoms with Gasteiger partial charge in [0.05, 0.1) is 26.2 Å². The minimum Gasteiger partial charge on any atom is -0.466 e. The van der Waals surface area contributed by atoms with Gasteiger partial charge in [-0.3, -0.25) is 14.2 Å². The second-order valence-electron chi connectivity index (χ2n) is 3.85. The van der Waals surface area contributed by atoms with Crippen LogP contribution in [0.3, 0.4) is 0 Å². The second-order valence-corrected chi connectivity index (χ2v) is 6.35. The summed E-state index contributed by atoms with van der Waals surface area (Å²) < 4.78 is 27.8. The summed E-state index contributed by atoms with van der Waals surface area (Å²) in [5.74, 6) is -0.584. The second kappa shape index (κ2) is 8.30. The molecule has 0 aliphatic rings. The SMILES string of the molecule is CCOC(=O)C[C@](C)(NC=O)P(=O)(OCC)OCC. The predicted molar refractivity (Wildman–Crippen MR) is 69.7 cm³/mol. The van der Waals surface area contributed by atoms with Gasteiger partial charge in [-0.1, -0.05) is 0 Å². The summed E-state index contributed by atoms with van der Waals surface area (Å²) in [6, 6.07) is 0. The largest absolute Gasteiger partial charge is 0.466 e. The van der Waals surface area contributed by atoms with E-state index in [0.29, 0.717) is 6.41 Å². The lowest BCUT2D eigenvalue weighted by molar-refractivity contribution is -0.144. The summed E-state index contributed by atoms with van der Waals surface area (Å²) in [7, 11) is -3.68. The molecule has 112 valence electrons. The molecule has 0 aromatic heterocycles. The minimum absolute atomic E-state index is 0.135. The molecule has 1 N–H and O–H groups in total. The Hall–Kier alpha value is -0.910. The van der Waals surface area contributed by atoms with Crippen molar-refractivity contribution in [2.24, 2.45) is 0 Å². The van der Waals surface area contributed by atoms with E-state index >= 15 is 0 Å². The molecule has 1 amide bonds. The number of rotatable bonds is 10. The van der Waals surface area contributed by atoms with Crippen LogP contribution >= 0.6 is 7.60 Å². The van der Waals surface area contributed by atoms with E-state index in [-0.39, 0.29) is 26.2 Å². The Morgan fingerprint density at radius 3 is 2.11 bits per heavy atom. The highest BCUT2D eigenvalue weighted by Crippen LogP contribution is 2.59. The van der Waals surface area contributed by atoms with Crippen molar-refractivity contribution < 1.29 is 27.9 Å². The average Bonchev–Trinajstić information content (AvgIpc) is 2.29. The molecule has 0 heterocycles. The fourth-order valence-corrected chi connectivity index (χ4v) is 3.37. The topological polar surface area (TPSA) is 90.9 Å². The fraction of sp³-hybridized carbons (Fsp3) is 0.818. The monoisotopic (exact) mass is 295 g/mol. The van der Waals surface area contributed by atoms with Crippen LogP contribution in [-0.2, 0) is 27.9 Å². The van der Waals surface area contributed by atoms with Gasteiger partial charge in [0.25, 0.3) is 0 Å². The van der Waals surface area contributed by atoms with Gasteiger partial charge in [-0.25, -0.2) is 0 Å². The van der Waals surface area contributed by atoms with Crippen molar-refractivity contribution in [3.05, 3.63) is 0 Å². The normalized spacial score (nSPS) is 14.5. The number of carbonyl (C=O) groups excluding carboxylic acids is 2. The third-order valence-electron chi connectivity index (χ3n) is 2.37. The molecular weight excluding hydrogens is 273 g/mol. The zero-order valence-corrected chi connectivity index (χ0v) is 12.7. The molecule has 8 heteroatoms. The number of carbonyl (C=O) groups is 2. The molecule has 0 spiro atoms. The number of esters is 1. The lowest BCUT2D eigenvalue weighted by Gasteiger charge is -2.34. The zero-order chi connectivity index (χ0) is 14.9. The molecule has 0 rings (SSSR count). The van der Waals surface area contributed by atoms with E-state index in [4.69, 9.17) is 13.8 Å². The van der Waals surface area contributed by atoms with E-state index in [1.54, 1.807) is 20.8 Å². The molecule has 0 aromatic carbocycles. The third kappa shape index (κ3) is 4.93. The molecule has 1 atom stereocenters. The van der Waals surface area contributed by atoms with Crippen LogP contribution in [0.25, 0.3) is 0 Å². The fourth-order valence-electron chi connectivity index (χ4n) is 1.51. The minimum atomic E-state index is -3.68. The molecule has 0 unspecified atom stereocenters. The molecule has 0 aliphatic heterocycles. The average molecular weight is 295 g/mol. The van der Waals surface area contributed by atoms with Crippen LogP contribution in [0.1, 0.15) is 34.1 Å². The van der Waals surface area contributed by atoms with Gasteiger partial charge in [-0.2, -0.15) is 0 Å². The van der Waals surface area contributed by atoms with E-state index in [1.807, 2.05) is 0 Å². The van der Waals surface area contributed by atoms with Crippen molar-refractivity contribution in [1.29, 1.82) is 0 Å². The van der Waals surface area contributed by atoms with Gasteiger partial charge >= 0.3 is 13.6 Å². The third-order valence-corrected chi connectivity index (χ3v) is 5.06.